The highest BCUT2D eigenvalue weighted by Gasteiger charge is 2.15. The lowest BCUT2D eigenvalue weighted by molar-refractivity contribution is 0.568. The van der Waals surface area contributed by atoms with Gasteiger partial charge in [0.15, 0.2) is 0 Å². The Kier molecular flexibility index (Phi) is 3.42. The molecule has 1 aromatic rings. The smallest absolute Gasteiger partial charge is 0.146 e. The fourth-order valence-electron chi connectivity index (χ4n) is 2.25. The van der Waals surface area contributed by atoms with Crippen LogP contribution in [0.5, 0.6) is 0 Å². The molecule has 0 aromatic heterocycles. The van der Waals surface area contributed by atoms with Gasteiger partial charge in [0.25, 0.3) is 0 Å². The molecule has 0 radical (unpaired) electrons. The van der Waals surface area contributed by atoms with E-state index in [1.165, 1.54) is 37.8 Å². The molecule has 1 aliphatic rings. The molecular formula is C13H17F2N. The van der Waals surface area contributed by atoms with Crippen molar-refractivity contribution in [1.82, 2.24) is 0 Å². The van der Waals surface area contributed by atoms with Crippen molar-refractivity contribution in [2.45, 2.75) is 32.6 Å². The first-order valence-electron chi connectivity index (χ1n) is 5.86. The molecular weight excluding hydrogens is 208 g/mol. The van der Waals surface area contributed by atoms with E-state index >= 15 is 0 Å². The highest BCUT2D eigenvalue weighted by atomic mass is 19.1. The minimum Gasteiger partial charge on any atom is -0.382 e. The number of rotatable bonds is 3. The van der Waals surface area contributed by atoms with E-state index in [9.17, 15) is 8.78 Å². The van der Waals surface area contributed by atoms with E-state index in [4.69, 9.17) is 0 Å². The number of halogens is 2. The number of hydrogen-bond donors (Lipinski definition) is 1. The van der Waals surface area contributed by atoms with E-state index in [2.05, 4.69) is 5.32 Å². The van der Waals surface area contributed by atoms with Crippen LogP contribution in [0.3, 0.4) is 0 Å². The van der Waals surface area contributed by atoms with Crippen molar-refractivity contribution in [2.75, 3.05) is 11.9 Å². The van der Waals surface area contributed by atoms with Crippen LogP contribution >= 0.6 is 0 Å². The molecule has 0 saturated heterocycles. The third-order valence-corrected chi connectivity index (χ3v) is 3.30. The van der Waals surface area contributed by atoms with Gasteiger partial charge in [-0.3, -0.25) is 0 Å². The summed E-state index contributed by atoms with van der Waals surface area (Å²) in [4.78, 5) is 0. The first kappa shape index (κ1) is 11.4. The van der Waals surface area contributed by atoms with Gasteiger partial charge >= 0.3 is 0 Å². The van der Waals surface area contributed by atoms with E-state index < -0.39 is 0 Å². The van der Waals surface area contributed by atoms with Crippen molar-refractivity contribution < 1.29 is 8.78 Å². The lowest BCUT2D eigenvalue weighted by atomic mass is 10.1. The van der Waals surface area contributed by atoms with Gasteiger partial charge in [0, 0.05) is 12.6 Å². The summed E-state index contributed by atoms with van der Waals surface area (Å²) in [6.45, 7) is 2.32. The van der Waals surface area contributed by atoms with Crippen LogP contribution in [0.4, 0.5) is 14.5 Å². The number of aryl methyl sites for hydroxylation is 1. The molecule has 1 fully saturated rings. The molecule has 1 saturated carbocycles. The van der Waals surface area contributed by atoms with Gasteiger partial charge in [0.1, 0.15) is 11.6 Å². The maximum atomic E-state index is 13.5. The van der Waals surface area contributed by atoms with Crippen LogP contribution in [0.2, 0.25) is 0 Å². The highest BCUT2D eigenvalue weighted by molar-refractivity contribution is 5.46. The van der Waals surface area contributed by atoms with Crippen molar-refractivity contribution in [2.24, 2.45) is 5.92 Å². The summed E-state index contributed by atoms with van der Waals surface area (Å²) in [6.07, 6.45) is 4.92. The zero-order valence-corrected chi connectivity index (χ0v) is 9.52. The molecule has 1 aliphatic carbocycles. The first-order chi connectivity index (χ1) is 7.66. The average molecular weight is 225 g/mol. The Balaban J connectivity index is 2.00. The molecule has 0 unspecified atom stereocenters. The van der Waals surface area contributed by atoms with E-state index in [0.717, 1.165) is 6.54 Å². The first-order valence-corrected chi connectivity index (χ1v) is 5.86. The summed E-state index contributed by atoms with van der Waals surface area (Å²) in [5, 5.41) is 3.01. The minimum absolute atomic E-state index is 0.287. The second-order valence-corrected chi connectivity index (χ2v) is 4.61. The van der Waals surface area contributed by atoms with Gasteiger partial charge in [-0.25, -0.2) is 8.78 Å². The van der Waals surface area contributed by atoms with Crippen molar-refractivity contribution in [1.29, 1.82) is 0 Å². The number of benzene rings is 1. The molecule has 3 heteroatoms. The molecule has 16 heavy (non-hydrogen) atoms. The maximum absolute atomic E-state index is 13.5. The molecule has 0 atom stereocenters. The molecule has 0 amide bonds. The molecule has 0 aliphatic heterocycles. The molecule has 0 heterocycles. The zero-order valence-electron chi connectivity index (χ0n) is 9.52. The average Bonchev–Trinajstić information content (AvgIpc) is 2.74. The number of anilines is 1. The predicted molar refractivity (Wildman–Crippen MR) is 61.5 cm³/mol. The lowest BCUT2D eigenvalue weighted by Crippen LogP contribution is -2.12. The maximum Gasteiger partial charge on any atom is 0.146 e. The quantitative estimate of drug-likeness (QED) is 0.823. The number of nitrogens with one attached hydrogen (secondary N) is 1. The van der Waals surface area contributed by atoms with Gasteiger partial charge in [-0.1, -0.05) is 12.8 Å². The molecule has 2 rings (SSSR count). The van der Waals surface area contributed by atoms with Crippen LogP contribution in [0.1, 0.15) is 31.2 Å². The van der Waals surface area contributed by atoms with E-state index in [0.29, 0.717) is 11.5 Å². The van der Waals surface area contributed by atoms with Crippen molar-refractivity contribution in [3.8, 4) is 0 Å². The summed E-state index contributed by atoms with van der Waals surface area (Å²) in [7, 11) is 0. The van der Waals surface area contributed by atoms with E-state index in [-0.39, 0.29) is 17.3 Å². The molecule has 0 spiro atoms. The Labute approximate surface area is 94.9 Å². The molecule has 1 aromatic carbocycles. The second-order valence-electron chi connectivity index (χ2n) is 4.61. The van der Waals surface area contributed by atoms with Crippen LogP contribution in [0, 0.1) is 24.5 Å². The minimum atomic E-state index is -0.364. The van der Waals surface area contributed by atoms with Gasteiger partial charge in [-0.05, 0) is 37.3 Å². The van der Waals surface area contributed by atoms with Crippen LogP contribution in [-0.4, -0.2) is 6.54 Å². The third kappa shape index (κ3) is 2.52. The summed E-state index contributed by atoms with van der Waals surface area (Å²) < 4.78 is 26.7. The Hall–Kier alpha value is -1.12. The zero-order chi connectivity index (χ0) is 11.5. The summed E-state index contributed by atoms with van der Waals surface area (Å²) in [6, 6.07) is 2.49. The monoisotopic (exact) mass is 225 g/mol. The summed E-state index contributed by atoms with van der Waals surface area (Å²) in [5.74, 6) is -0.101. The second kappa shape index (κ2) is 4.81. The van der Waals surface area contributed by atoms with Crippen molar-refractivity contribution in [3.05, 3.63) is 29.3 Å². The molecule has 88 valence electrons. The van der Waals surface area contributed by atoms with Gasteiger partial charge in [0.05, 0.1) is 5.69 Å². The third-order valence-electron chi connectivity index (χ3n) is 3.30. The van der Waals surface area contributed by atoms with Crippen LogP contribution in [-0.2, 0) is 0 Å². The predicted octanol–water partition coefficient (Wildman–Crippen LogP) is 3.88. The topological polar surface area (TPSA) is 12.0 Å². The van der Waals surface area contributed by atoms with Crippen LogP contribution in [0.25, 0.3) is 0 Å². The van der Waals surface area contributed by atoms with Gasteiger partial charge in [0.2, 0.25) is 0 Å². The summed E-state index contributed by atoms with van der Waals surface area (Å²) in [5.41, 5.74) is 0.638. The highest BCUT2D eigenvalue weighted by Crippen LogP contribution is 2.26. The fraction of sp³-hybridized carbons (Fsp3) is 0.538. The Morgan fingerprint density at radius 2 is 1.88 bits per heavy atom. The van der Waals surface area contributed by atoms with Gasteiger partial charge < -0.3 is 5.32 Å². The molecule has 1 nitrogen and oxygen atoms in total. The van der Waals surface area contributed by atoms with E-state index in [1.54, 1.807) is 6.92 Å². The Bertz CT molecular complexity index is 370. The summed E-state index contributed by atoms with van der Waals surface area (Å²) >= 11 is 0. The number of hydrogen-bond acceptors (Lipinski definition) is 1. The van der Waals surface area contributed by atoms with Gasteiger partial charge in [-0.2, -0.15) is 0 Å². The molecule has 1 N–H and O–H groups in total. The standard InChI is InChI=1S/C13H17F2N/c1-9-6-12(15)13(7-11(9)14)16-8-10-4-2-3-5-10/h6-7,10,16H,2-5,8H2,1H3. The van der Waals surface area contributed by atoms with Crippen LogP contribution in [0.15, 0.2) is 12.1 Å². The SMILES string of the molecule is Cc1cc(F)c(NCC2CCCC2)cc1F. The normalized spacial score (nSPS) is 16.7. The van der Waals surface area contributed by atoms with E-state index in [1.807, 2.05) is 0 Å². The Morgan fingerprint density at radius 3 is 2.56 bits per heavy atom. The van der Waals surface area contributed by atoms with Gasteiger partial charge in [-0.15, -0.1) is 0 Å². The lowest BCUT2D eigenvalue weighted by Gasteiger charge is -2.13. The molecule has 0 bridgehead atoms. The largest absolute Gasteiger partial charge is 0.382 e. The van der Waals surface area contributed by atoms with Crippen LogP contribution < -0.4 is 5.32 Å². The fourth-order valence-corrected chi connectivity index (χ4v) is 2.25. The Morgan fingerprint density at radius 1 is 1.19 bits per heavy atom. The van der Waals surface area contributed by atoms with Crippen molar-refractivity contribution >= 4 is 5.69 Å². The van der Waals surface area contributed by atoms with Crippen molar-refractivity contribution in [3.63, 3.8) is 0 Å².